The first-order chi connectivity index (χ1) is 10.2. The van der Waals surface area contributed by atoms with Gasteiger partial charge in [-0.15, -0.1) is 0 Å². The van der Waals surface area contributed by atoms with Gasteiger partial charge in [0, 0.05) is 19.1 Å². The average Bonchev–Trinajstić information content (AvgIpc) is 2.52. The van der Waals surface area contributed by atoms with Crippen molar-refractivity contribution in [1.82, 2.24) is 0 Å². The number of hydrogen-bond donors (Lipinski definition) is 3. The normalized spacial score (nSPS) is 13.9. The number of aliphatic hydroxyl groups is 3. The largest absolute Gasteiger partial charge is 0.396 e. The van der Waals surface area contributed by atoms with Crippen LogP contribution in [-0.4, -0.2) is 60.9 Å². The third-order valence-corrected chi connectivity index (χ3v) is 3.21. The summed E-state index contributed by atoms with van der Waals surface area (Å²) < 4.78 is 17.4. The second kappa shape index (κ2) is 12.3. The van der Waals surface area contributed by atoms with E-state index in [9.17, 15) is 15.3 Å². The summed E-state index contributed by atoms with van der Waals surface area (Å²) in [4.78, 5) is 0. The third-order valence-electron chi connectivity index (χ3n) is 3.21. The second-order valence-electron chi connectivity index (χ2n) is 5.06. The Bertz CT molecular complexity index is 210. The molecule has 128 valence electrons. The average molecular weight is 308 g/mol. The lowest BCUT2D eigenvalue weighted by Crippen LogP contribution is -2.52. The minimum atomic E-state index is -1.42. The summed E-state index contributed by atoms with van der Waals surface area (Å²) >= 11 is 0. The molecule has 0 fully saturated rings. The van der Waals surface area contributed by atoms with Crippen molar-refractivity contribution in [3.8, 4) is 0 Å². The minimum Gasteiger partial charge on any atom is -0.396 e. The van der Waals surface area contributed by atoms with Crippen LogP contribution in [0.25, 0.3) is 0 Å². The van der Waals surface area contributed by atoms with E-state index >= 15 is 0 Å². The topological polar surface area (TPSA) is 88.4 Å². The van der Waals surface area contributed by atoms with Gasteiger partial charge in [0.2, 0.25) is 0 Å². The molecule has 0 saturated carbocycles. The van der Waals surface area contributed by atoms with Crippen LogP contribution in [-0.2, 0) is 14.2 Å². The highest BCUT2D eigenvalue weighted by Crippen LogP contribution is 2.32. The lowest BCUT2D eigenvalue weighted by Gasteiger charge is -2.41. The van der Waals surface area contributed by atoms with Crippen molar-refractivity contribution in [2.45, 2.75) is 46.0 Å². The minimum absolute atomic E-state index is 0.274. The van der Waals surface area contributed by atoms with E-state index in [0.717, 1.165) is 19.3 Å². The lowest BCUT2D eigenvalue weighted by molar-refractivity contribution is -0.415. The zero-order chi connectivity index (χ0) is 16.1. The Kier molecular flexibility index (Phi) is 12.2. The number of aliphatic hydroxyl groups excluding tert-OH is 3. The molecule has 0 heterocycles. The molecule has 6 heteroatoms. The fourth-order valence-corrected chi connectivity index (χ4v) is 2.04. The van der Waals surface area contributed by atoms with Gasteiger partial charge < -0.3 is 29.5 Å². The van der Waals surface area contributed by atoms with Gasteiger partial charge in [0.15, 0.2) is 0 Å². The van der Waals surface area contributed by atoms with Crippen LogP contribution in [0.5, 0.6) is 0 Å². The van der Waals surface area contributed by atoms with Crippen LogP contribution in [0.3, 0.4) is 0 Å². The van der Waals surface area contributed by atoms with E-state index in [4.69, 9.17) is 14.2 Å². The van der Waals surface area contributed by atoms with Crippen molar-refractivity contribution in [2.75, 3.05) is 39.6 Å². The van der Waals surface area contributed by atoms with Crippen molar-refractivity contribution < 1.29 is 29.5 Å². The van der Waals surface area contributed by atoms with E-state index in [1.165, 1.54) is 0 Å². The lowest BCUT2D eigenvalue weighted by atomic mass is 9.91. The number of rotatable bonds is 14. The molecule has 21 heavy (non-hydrogen) atoms. The number of hydrogen-bond acceptors (Lipinski definition) is 6. The molecule has 1 unspecified atom stereocenters. The SMILES string of the molecule is CCCOC(OCCC)(OCCC)C(CO)C(CO)CO. The molecule has 0 aromatic carbocycles. The van der Waals surface area contributed by atoms with Gasteiger partial charge in [0.25, 0.3) is 5.97 Å². The smallest absolute Gasteiger partial charge is 0.288 e. The molecule has 0 aliphatic heterocycles. The summed E-state index contributed by atoms with van der Waals surface area (Å²) in [6.45, 7) is 6.28. The fraction of sp³-hybridized carbons (Fsp3) is 1.00. The van der Waals surface area contributed by atoms with Gasteiger partial charge in [0.05, 0.1) is 32.3 Å². The molecular formula is C15H32O6. The summed E-state index contributed by atoms with van der Waals surface area (Å²) in [5, 5.41) is 28.6. The van der Waals surface area contributed by atoms with Crippen LogP contribution >= 0.6 is 0 Å². The standard InChI is InChI=1S/C15H32O6/c1-4-7-19-15(20-8-5-2,21-9-6-3)14(12-18)13(10-16)11-17/h13-14,16-18H,4-12H2,1-3H3. The van der Waals surface area contributed by atoms with E-state index in [-0.39, 0.29) is 19.8 Å². The molecule has 0 aliphatic carbocycles. The van der Waals surface area contributed by atoms with Gasteiger partial charge in [-0.05, 0) is 19.3 Å². The molecule has 0 aliphatic rings. The van der Waals surface area contributed by atoms with Crippen molar-refractivity contribution >= 4 is 0 Å². The zero-order valence-corrected chi connectivity index (χ0v) is 13.6. The summed E-state index contributed by atoms with van der Waals surface area (Å²) in [5.74, 6) is -2.65. The third kappa shape index (κ3) is 6.59. The van der Waals surface area contributed by atoms with Crippen molar-refractivity contribution in [2.24, 2.45) is 11.8 Å². The predicted octanol–water partition coefficient (Wildman–Crippen LogP) is 1.13. The zero-order valence-electron chi connectivity index (χ0n) is 13.6. The van der Waals surface area contributed by atoms with Crippen LogP contribution in [0.15, 0.2) is 0 Å². The molecule has 0 bridgehead atoms. The van der Waals surface area contributed by atoms with Crippen LogP contribution in [0.2, 0.25) is 0 Å². The van der Waals surface area contributed by atoms with Gasteiger partial charge in [0.1, 0.15) is 0 Å². The molecule has 6 nitrogen and oxygen atoms in total. The quantitative estimate of drug-likeness (QED) is 0.417. The summed E-state index contributed by atoms with van der Waals surface area (Å²) in [5.41, 5.74) is 0. The maximum Gasteiger partial charge on any atom is 0.288 e. The van der Waals surface area contributed by atoms with Crippen LogP contribution in [0.4, 0.5) is 0 Å². The number of ether oxygens (including phenoxy) is 3. The van der Waals surface area contributed by atoms with Gasteiger partial charge in [-0.3, -0.25) is 0 Å². The van der Waals surface area contributed by atoms with E-state index < -0.39 is 17.8 Å². The molecular weight excluding hydrogens is 276 g/mol. The Labute approximate surface area is 128 Å². The molecule has 0 spiro atoms. The fourth-order valence-electron chi connectivity index (χ4n) is 2.04. The molecule has 0 saturated heterocycles. The summed E-state index contributed by atoms with van der Waals surface area (Å²) in [6.07, 6.45) is 2.31. The summed E-state index contributed by atoms with van der Waals surface area (Å²) in [6, 6.07) is 0. The van der Waals surface area contributed by atoms with E-state index in [2.05, 4.69) is 0 Å². The highest BCUT2D eigenvalue weighted by molar-refractivity contribution is 4.78. The van der Waals surface area contributed by atoms with Crippen LogP contribution < -0.4 is 0 Å². The second-order valence-corrected chi connectivity index (χ2v) is 5.06. The Hall–Kier alpha value is -0.240. The predicted molar refractivity (Wildman–Crippen MR) is 79.7 cm³/mol. The highest BCUT2D eigenvalue weighted by atomic mass is 16.9. The van der Waals surface area contributed by atoms with Crippen LogP contribution in [0, 0.1) is 11.8 Å². The van der Waals surface area contributed by atoms with Gasteiger partial charge in [-0.2, -0.15) is 0 Å². The maximum atomic E-state index is 9.73. The van der Waals surface area contributed by atoms with Gasteiger partial charge in [-0.1, -0.05) is 20.8 Å². The van der Waals surface area contributed by atoms with Crippen molar-refractivity contribution in [3.05, 3.63) is 0 Å². The molecule has 1 atom stereocenters. The van der Waals surface area contributed by atoms with E-state index in [1.807, 2.05) is 20.8 Å². The maximum absolute atomic E-state index is 9.73. The first kappa shape index (κ1) is 20.8. The molecule has 0 radical (unpaired) electrons. The molecule has 3 N–H and O–H groups in total. The van der Waals surface area contributed by atoms with E-state index in [1.54, 1.807) is 0 Å². The Balaban J connectivity index is 5.30. The molecule has 0 rings (SSSR count). The summed E-state index contributed by atoms with van der Waals surface area (Å²) in [7, 11) is 0. The van der Waals surface area contributed by atoms with E-state index in [0.29, 0.717) is 19.8 Å². The van der Waals surface area contributed by atoms with Crippen molar-refractivity contribution in [1.29, 1.82) is 0 Å². The first-order valence-electron chi connectivity index (χ1n) is 7.90. The highest BCUT2D eigenvalue weighted by Gasteiger charge is 2.46. The molecule has 0 aromatic heterocycles. The monoisotopic (exact) mass is 308 g/mol. The van der Waals surface area contributed by atoms with Gasteiger partial charge in [-0.25, -0.2) is 0 Å². The first-order valence-corrected chi connectivity index (χ1v) is 7.90. The Morgan fingerprint density at radius 2 is 1.10 bits per heavy atom. The Morgan fingerprint density at radius 1 is 0.714 bits per heavy atom. The molecule has 0 aromatic rings. The van der Waals surface area contributed by atoms with Gasteiger partial charge >= 0.3 is 0 Å². The molecule has 0 amide bonds. The van der Waals surface area contributed by atoms with Crippen LogP contribution in [0.1, 0.15) is 40.0 Å². The van der Waals surface area contributed by atoms with Crippen molar-refractivity contribution in [3.63, 3.8) is 0 Å². The Morgan fingerprint density at radius 3 is 1.33 bits per heavy atom.